The molecule has 0 aliphatic rings. The van der Waals surface area contributed by atoms with Gasteiger partial charge in [-0.2, -0.15) is 0 Å². The van der Waals surface area contributed by atoms with Crippen molar-refractivity contribution < 1.29 is 29.3 Å². The third-order valence-corrected chi connectivity index (χ3v) is 2.69. The summed E-state index contributed by atoms with van der Waals surface area (Å²) in [6.07, 6.45) is 0. The van der Waals surface area contributed by atoms with E-state index in [2.05, 4.69) is 5.32 Å². The maximum atomic E-state index is 13.2. The number of carboxylic acids is 1. The van der Waals surface area contributed by atoms with Crippen LogP contribution in [-0.2, 0) is 0 Å². The highest BCUT2D eigenvalue weighted by Crippen LogP contribution is 2.25. The van der Waals surface area contributed by atoms with Crippen LogP contribution >= 0.6 is 0 Å². The predicted molar refractivity (Wildman–Crippen MR) is 71.1 cm³/mol. The van der Waals surface area contributed by atoms with E-state index in [-0.39, 0.29) is 17.0 Å². The van der Waals surface area contributed by atoms with Crippen molar-refractivity contribution in [1.82, 2.24) is 0 Å². The molecule has 0 heterocycles. The first-order valence-corrected chi connectivity index (χ1v) is 5.74. The van der Waals surface area contributed by atoms with Gasteiger partial charge in [-0.1, -0.05) is 0 Å². The van der Waals surface area contributed by atoms with Crippen molar-refractivity contribution >= 4 is 17.6 Å². The van der Waals surface area contributed by atoms with Crippen molar-refractivity contribution in [3.8, 4) is 11.5 Å². The maximum Gasteiger partial charge on any atom is 0.338 e. The number of phenols is 2. The lowest BCUT2D eigenvalue weighted by Crippen LogP contribution is -2.12. The average Bonchev–Trinajstić information content (AvgIpc) is 2.43. The number of amides is 1. The molecule has 6 nitrogen and oxygen atoms in total. The zero-order valence-corrected chi connectivity index (χ0v) is 10.5. The Morgan fingerprint density at radius 2 is 1.71 bits per heavy atom. The summed E-state index contributed by atoms with van der Waals surface area (Å²) in [5.41, 5.74) is -0.431. The lowest BCUT2D eigenvalue weighted by Gasteiger charge is -2.07. The van der Waals surface area contributed by atoms with Crippen LogP contribution in [0.2, 0.25) is 0 Å². The molecule has 0 bridgehead atoms. The third-order valence-electron chi connectivity index (χ3n) is 2.69. The van der Waals surface area contributed by atoms with Gasteiger partial charge in [0.05, 0.1) is 5.56 Å². The molecular weight excluding hydrogens is 281 g/mol. The van der Waals surface area contributed by atoms with Crippen LogP contribution in [0.1, 0.15) is 20.7 Å². The Kier molecular flexibility index (Phi) is 3.75. The first kappa shape index (κ1) is 14.3. The smallest absolute Gasteiger partial charge is 0.338 e. The minimum absolute atomic E-state index is 0.0477. The number of anilines is 1. The van der Waals surface area contributed by atoms with Crippen LogP contribution < -0.4 is 5.32 Å². The Morgan fingerprint density at radius 3 is 2.33 bits per heavy atom. The number of aromatic hydroxyl groups is 2. The number of nitrogens with one attached hydrogen (secondary N) is 1. The second kappa shape index (κ2) is 5.49. The third kappa shape index (κ3) is 3.08. The van der Waals surface area contributed by atoms with E-state index < -0.39 is 29.0 Å². The highest BCUT2D eigenvalue weighted by atomic mass is 19.1. The molecule has 0 aromatic heterocycles. The predicted octanol–water partition coefficient (Wildman–Crippen LogP) is 2.19. The number of carboxylic acid groups (broad SMARTS) is 1. The van der Waals surface area contributed by atoms with Gasteiger partial charge in [0.2, 0.25) is 0 Å². The molecule has 7 heteroatoms. The van der Waals surface area contributed by atoms with Crippen molar-refractivity contribution in [3.63, 3.8) is 0 Å². The number of hydrogen-bond donors (Lipinski definition) is 4. The molecule has 2 aromatic carbocycles. The monoisotopic (exact) mass is 291 g/mol. The second-order valence-electron chi connectivity index (χ2n) is 4.16. The molecule has 0 radical (unpaired) electrons. The fourth-order valence-electron chi connectivity index (χ4n) is 1.63. The van der Waals surface area contributed by atoms with E-state index in [0.29, 0.717) is 0 Å². The number of carbonyl (C=O) groups excluding carboxylic acids is 1. The number of halogens is 1. The molecule has 0 unspecified atom stereocenters. The lowest BCUT2D eigenvalue weighted by molar-refractivity contribution is 0.0691. The summed E-state index contributed by atoms with van der Waals surface area (Å²) >= 11 is 0. The second-order valence-corrected chi connectivity index (χ2v) is 4.16. The molecule has 0 fully saturated rings. The molecule has 4 N–H and O–H groups in total. The van der Waals surface area contributed by atoms with Gasteiger partial charge in [0.25, 0.3) is 5.91 Å². The molecule has 1 amide bonds. The van der Waals surface area contributed by atoms with Gasteiger partial charge in [0.1, 0.15) is 5.82 Å². The van der Waals surface area contributed by atoms with Gasteiger partial charge in [-0.3, -0.25) is 4.79 Å². The molecule has 0 aliphatic heterocycles. The lowest BCUT2D eigenvalue weighted by atomic mass is 10.1. The number of rotatable bonds is 3. The molecule has 0 atom stereocenters. The Bertz CT molecular complexity index is 729. The van der Waals surface area contributed by atoms with Crippen LogP contribution in [-0.4, -0.2) is 27.2 Å². The summed E-state index contributed by atoms with van der Waals surface area (Å²) < 4.78 is 13.2. The van der Waals surface area contributed by atoms with Crippen LogP contribution in [0.3, 0.4) is 0 Å². The van der Waals surface area contributed by atoms with Crippen molar-refractivity contribution in [1.29, 1.82) is 0 Å². The largest absolute Gasteiger partial charge is 0.504 e. The van der Waals surface area contributed by atoms with E-state index in [0.717, 1.165) is 24.3 Å². The summed E-state index contributed by atoms with van der Waals surface area (Å²) in [5.74, 6) is -3.85. The standard InChI is InChI=1S/C14H10FNO5/c15-10-3-2-8(6-9(10)14(20)21)16-13(19)7-1-4-11(17)12(18)5-7/h1-6,17-18H,(H,16,19)(H,20,21). The normalized spacial score (nSPS) is 10.1. The van der Waals surface area contributed by atoms with Crippen LogP contribution in [0.5, 0.6) is 11.5 Å². The Labute approximate surface area is 118 Å². The highest BCUT2D eigenvalue weighted by Gasteiger charge is 2.13. The molecule has 2 aromatic rings. The SMILES string of the molecule is O=C(Nc1ccc(F)c(C(=O)O)c1)c1ccc(O)c(O)c1. The number of aromatic carboxylic acids is 1. The molecule has 0 spiro atoms. The minimum Gasteiger partial charge on any atom is -0.504 e. The molecule has 0 saturated heterocycles. The van der Waals surface area contributed by atoms with E-state index in [1.165, 1.54) is 12.1 Å². The van der Waals surface area contributed by atoms with Crippen LogP contribution in [0, 0.1) is 5.82 Å². The summed E-state index contributed by atoms with van der Waals surface area (Å²) in [4.78, 5) is 22.7. The minimum atomic E-state index is -1.45. The molecule has 2 rings (SSSR count). The quantitative estimate of drug-likeness (QED) is 0.648. The number of phenolic OH excluding ortho intramolecular Hbond substituents is 2. The number of benzene rings is 2. The Hall–Kier alpha value is -3.09. The summed E-state index contributed by atoms with van der Waals surface area (Å²) in [5, 5.41) is 29.6. The topological polar surface area (TPSA) is 107 Å². The van der Waals surface area contributed by atoms with E-state index in [9.17, 15) is 19.1 Å². The van der Waals surface area contributed by atoms with Crippen LogP contribution in [0.15, 0.2) is 36.4 Å². The maximum absolute atomic E-state index is 13.2. The molecule has 0 saturated carbocycles. The van der Waals surface area contributed by atoms with E-state index in [1.54, 1.807) is 0 Å². The van der Waals surface area contributed by atoms with Gasteiger partial charge < -0.3 is 20.6 Å². The van der Waals surface area contributed by atoms with E-state index in [1.807, 2.05) is 0 Å². The fraction of sp³-hybridized carbons (Fsp3) is 0. The van der Waals surface area contributed by atoms with Gasteiger partial charge in [-0.05, 0) is 36.4 Å². The van der Waals surface area contributed by atoms with Crippen molar-refractivity contribution in [3.05, 3.63) is 53.3 Å². The first-order valence-electron chi connectivity index (χ1n) is 5.74. The zero-order chi connectivity index (χ0) is 15.6. The molecule has 108 valence electrons. The van der Waals surface area contributed by atoms with Gasteiger partial charge in [-0.15, -0.1) is 0 Å². The van der Waals surface area contributed by atoms with Gasteiger partial charge in [0.15, 0.2) is 11.5 Å². The summed E-state index contributed by atoms with van der Waals surface area (Å²) in [6, 6.07) is 6.57. The highest BCUT2D eigenvalue weighted by molar-refractivity contribution is 6.05. The summed E-state index contributed by atoms with van der Waals surface area (Å²) in [6.45, 7) is 0. The Morgan fingerprint density at radius 1 is 1.00 bits per heavy atom. The summed E-state index contributed by atoms with van der Waals surface area (Å²) in [7, 11) is 0. The Balaban J connectivity index is 2.25. The average molecular weight is 291 g/mol. The molecular formula is C14H10FNO5. The van der Waals surface area contributed by atoms with Crippen molar-refractivity contribution in [2.45, 2.75) is 0 Å². The van der Waals surface area contributed by atoms with E-state index >= 15 is 0 Å². The zero-order valence-electron chi connectivity index (χ0n) is 10.5. The fourth-order valence-corrected chi connectivity index (χ4v) is 1.63. The van der Waals surface area contributed by atoms with Crippen LogP contribution in [0.25, 0.3) is 0 Å². The molecule has 0 aliphatic carbocycles. The van der Waals surface area contributed by atoms with Crippen molar-refractivity contribution in [2.75, 3.05) is 5.32 Å². The van der Waals surface area contributed by atoms with Crippen LogP contribution in [0.4, 0.5) is 10.1 Å². The molecule has 21 heavy (non-hydrogen) atoms. The first-order chi connectivity index (χ1) is 9.88. The van der Waals surface area contributed by atoms with Gasteiger partial charge in [0, 0.05) is 11.3 Å². The number of hydrogen-bond acceptors (Lipinski definition) is 4. The van der Waals surface area contributed by atoms with Crippen molar-refractivity contribution in [2.24, 2.45) is 0 Å². The van der Waals surface area contributed by atoms with Gasteiger partial charge >= 0.3 is 5.97 Å². The number of carbonyl (C=O) groups is 2. The van der Waals surface area contributed by atoms with Gasteiger partial charge in [-0.25, -0.2) is 9.18 Å². The van der Waals surface area contributed by atoms with E-state index in [4.69, 9.17) is 10.2 Å².